The van der Waals surface area contributed by atoms with Crippen LogP contribution in [0.3, 0.4) is 0 Å². The minimum atomic E-state index is -3.92. The Kier molecular flexibility index (Phi) is 6.98. The van der Waals surface area contributed by atoms with Crippen molar-refractivity contribution in [3.63, 3.8) is 0 Å². The van der Waals surface area contributed by atoms with Gasteiger partial charge in [0.05, 0.1) is 17.6 Å². The lowest BCUT2D eigenvalue weighted by atomic mass is 10.1. The van der Waals surface area contributed by atoms with Gasteiger partial charge in [-0.1, -0.05) is 6.42 Å². The molecule has 0 saturated heterocycles. The van der Waals surface area contributed by atoms with Crippen LogP contribution in [0.25, 0.3) is 0 Å². The summed E-state index contributed by atoms with van der Waals surface area (Å²) < 4.78 is 27.7. The van der Waals surface area contributed by atoms with Crippen LogP contribution in [0, 0.1) is 0 Å². The Morgan fingerprint density at radius 1 is 1.26 bits per heavy atom. The molecule has 0 fully saturated rings. The Morgan fingerprint density at radius 3 is 2.52 bits per heavy atom. The molecule has 0 unspecified atom stereocenters. The number of rotatable bonds is 9. The lowest BCUT2D eigenvalue weighted by Crippen LogP contribution is -2.25. The van der Waals surface area contributed by atoms with E-state index in [1.807, 2.05) is 0 Å². The highest BCUT2D eigenvalue weighted by Gasteiger charge is 2.17. The average molecular weight is 344 g/mol. The van der Waals surface area contributed by atoms with Gasteiger partial charge in [-0.15, -0.1) is 0 Å². The van der Waals surface area contributed by atoms with Gasteiger partial charge in [0.2, 0.25) is 10.0 Å². The first-order chi connectivity index (χ1) is 10.8. The Hall–Kier alpha value is -2.13. The molecule has 0 aliphatic rings. The maximum absolute atomic E-state index is 12.1. The summed E-state index contributed by atoms with van der Waals surface area (Å²) in [5, 5.41) is 16.2. The van der Waals surface area contributed by atoms with Crippen LogP contribution < -0.4 is 15.2 Å². The fraction of sp³-hybridized carbons (Fsp3) is 0.429. The smallest absolute Gasteiger partial charge is 0.303 e. The summed E-state index contributed by atoms with van der Waals surface area (Å²) in [6.07, 6.45) is 1.92. The number of nitrogens with one attached hydrogen (secondary N) is 1. The van der Waals surface area contributed by atoms with Crippen molar-refractivity contribution in [3.05, 3.63) is 23.8 Å². The number of unbranched alkanes of at least 4 members (excludes halogenated alkanes) is 2. The molecule has 9 heteroatoms. The number of carboxylic acid groups (broad SMARTS) is 1. The molecule has 0 atom stereocenters. The van der Waals surface area contributed by atoms with Crippen LogP contribution in [0.15, 0.2) is 23.1 Å². The summed E-state index contributed by atoms with van der Waals surface area (Å²) in [5.74, 6) is -1.09. The first kappa shape index (κ1) is 18.9. The van der Waals surface area contributed by atoms with Crippen LogP contribution in [0.1, 0.15) is 36.0 Å². The number of carboxylic acids is 1. The van der Waals surface area contributed by atoms with E-state index in [-0.39, 0.29) is 22.6 Å². The number of primary sulfonamides is 1. The highest BCUT2D eigenvalue weighted by molar-refractivity contribution is 7.89. The maximum atomic E-state index is 12.1. The highest BCUT2D eigenvalue weighted by atomic mass is 32.2. The van der Waals surface area contributed by atoms with Crippen LogP contribution in [-0.4, -0.2) is 39.1 Å². The molecule has 0 radical (unpaired) electrons. The summed E-state index contributed by atoms with van der Waals surface area (Å²) in [5.41, 5.74) is 0.0737. The predicted molar refractivity (Wildman–Crippen MR) is 82.8 cm³/mol. The first-order valence-electron chi connectivity index (χ1n) is 6.96. The quantitative estimate of drug-likeness (QED) is 0.565. The number of carbonyl (C=O) groups is 2. The number of amides is 1. The van der Waals surface area contributed by atoms with Crippen molar-refractivity contribution in [2.75, 3.05) is 13.7 Å². The molecule has 23 heavy (non-hydrogen) atoms. The first-order valence-corrected chi connectivity index (χ1v) is 8.51. The minimum Gasteiger partial charge on any atom is -0.496 e. The normalized spacial score (nSPS) is 11.0. The van der Waals surface area contributed by atoms with Crippen molar-refractivity contribution in [1.82, 2.24) is 5.32 Å². The minimum absolute atomic E-state index is 0.0737. The van der Waals surface area contributed by atoms with E-state index < -0.39 is 21.9 Å². The molecule has 128 valence electrons. The number of nitrogens with two attached hydrogens (primary N) is 1. The van der Waals surface area contributed by atoms with Crippen LogP contribution in [0.5, 0.6) is 5.75 Å². The van der Waals surface area contributed by atoms with E-state index in [9.17, 15) is 18.0 Å². The van der Waals surface area contributed by atoms with Gasteiger partial charge in [-0.3, -0.25) is 9.59 Å². The molecule has 0 heterocycles. The molecule has 0 spiro atoms. The molecule has 1 amide bonds. The van der Waals surface area contributed by atoms with Gasteiger partial charge in [-0.05, 0) is 31.0 Å². The molecule has 0 aliphatic heterocycles. The topological polar surface area (TPSA) is 136 Å². The van der Waals surface area contributed by atoms with E-state index in [0.717, 1.165) is 6.07 Å². The Balaban J connectivity index is 2.66. The van der Waals surface area contributed by atoms with Crippen LogP contribution in [-0.2, 0) is 14.8 Å². The molecule has 8 nitrogen and oxygen atoms in total. The molecule has 0 saturated carbocycles. The second-order valence-corrected chi connectivity index (χ2v) is 6.43. The van der Waals surface area contributed by atoms with Gasteiger partial charge in [-0.2, -0.15) is 0 Å². The summed E-state index contributed by atoms with van der Waals surface area (Å²) in [7, 11) is -2.55. The van der Waals surface area contributed by atoms with Gasteiger partial charge in [0.1, 0.15) is 5.75 Å². The van der Waals surface area contributed by atoms with Crippen molar-refractivity contribution in [1.29, 1.82) is 0 Å². The van der Waals surface area contributed by atoms with Gasteiger partial charge in [0.25, 0.3) is 5.91 Å². The van der Waals surface area contributed by atoms with E-state index in [0.29, 0.717) is 25.8 Å². The number of aliphatic carboxylic acids is 1. The van der Waals surface area contributed by atoms with Gasteiger partial charge in [0, 0.05) is 13.0 Å². The Bertz CT molecular complexity index is 672. The summed E-state index contributed by atoms with van der Waals surface area (Å²) in [6, 6.07) is 3.78. The summed E-state index contributed by atoms with van der Waals surface area (Å²) in [4.78, 5) is 22.3. The fourth-order valence-corrected chi connectivity index (χ4v) is 2.46. The van der Waals surface area contributed by atoms with E-state index in [4.69, 9.17) is 15.0 Å². The number of benzene rings is 1. The average Bonchev–Trinajstić information content (AvgIpc) is 2.48. The van der Waals surface area contributed by atoms with E-state index >= 15 is 0 Å². The van der Waals surface area contributed by atoms with Crippen LogP contribution in [0.4, 0.5) is 0 Å². The number of carbonyl (C=O) groups excluding carboxylic acids is 1. The second-order valence-electron chi connectivity index (χ2n) is 4.87. The number of hydrogen-bond donors (Lipinski definition) is 3. The summed E-state index contributed by atoms with van der Waals surface area (Å²) in [6.45, 7) is 0.348. The number of ether oxygens (including phenoxy) is 1. The van der Waals surface area contributed by atoms with Gasteiger partial charge >= 0.3 is 5.97 Å². The zero-order chi connectivity index (χ0) is 17.5. The Morgan fingerprint density at radius 2 is 1.96 bits per heavy atom. The largest absolute Gasteiger partial charge is 0.496 e. The van der Waals surface area contributed by atoms with Crippen molar-refractivity contribution in [3.8, 4) is 5.75 Å². The molecule has 1 aromatic rings. The van der Waals surface area contributed by atoms with Gasteiger partial charge in [-0.25, -0.2) is 13.6 Å². The van der Waals surface area contributed by atoms with Crippen LogP contribution in [0.2, 0.25) is 0 Å². The van der Waals surface area contributed by atoms with Crippen LogP contribution >= 0.6 is 0 Å². The monoisotopic (exact) mass is 344 g/mol. The standard InChI is InChI=1S/C14H20N2O6S/c1-22-12-7-6-10(23(15,20)21)9-11(12)14(19)16-8-4-2-3-5-13(17)18/h6-7,9H,2-5,8H2,1H3,(H,16,19)(H,17,18)(H2,15,20,21). The molecule has 0 aliphatic carbocycles. The van der Waals surface area contributed by atoms with Gasteiger partial charge in [0.15, 0.2) is 0 Å². The molecule has 0 aromatic heterocycles. The third-order valence-electron chi connectivity index (χ3n) is 3.10. The fourth-order valence-electron chi connectivity index (χ4n) is 1.92. The van der Waals surface area contributed by atoms with Crippen molar-refractivity contribution < 1.29 is 27.9 Å². The molecule has 1 rings (SSSR count). The Labute approximate surface area is 134 Å². The zero-order valence-electron chi connectivity index (χ0n) is 12.7. The zero-order valence-corrected chi connectivity index (χ0v) is 13.6. The van der Waals surface area contributed by atoms with Crippen molar-refractivity contribution in [2.24, 2.45) is 5.14 Å². The number of hydrogen-bond acceptors (Lipinski definition) is 5. The number of methoxy groups -OCH3 is 1. The third kappa shape index (κ3) is 6.25. The summed E-state index contributed by atoms with van der Waals surface area (Å²) >= 11 is 0. The van der Waals surface area contributed by atoms with Crippen molar-refractivity contribution in [2.45, 2.75) is 30.6 Å². The second kappa shape index (κ2) is 8.49. The maximum Gasteiger partial charge on any atom is 0.303 e. The van der Waals surface area contributed by atoms with Crippen molar-refractivity contribution >= 4 is 21.9 Å². The SMILES string of the molecule is COc1ccc(S(N)(=O)=O)cc1C(=O)NCCCCCC(=O)O. The molecule has 0 bridgehead atoms. The van der Waals surface area contributed by atoms with Gasteiger partial charge < -0.3 is 15.2 Å². The molecular formula is C14H20N2O6S. The van der Waals surface area contributed by atoms with E-state index in [2.05, 4.69) is 5.32 Å². The molecule has 1 aromatic carbocycles. The van der Waals surface area contributed by atoms with E-state index in [1.165, 1.54) is 19.2 Å². The lowest BCUT2D eigenvalue weighted by Gasteiger charge is -2.10. The number of sulfonamides is 1. The lowest BCUT2D eigenvalue weighted by molar-refractivity contribution is -0.137. The highest BCUT2D eigenvalue weighted by Crippen LogP contribution is 2.21. The molecular weight excluding hydrogens is 324 g/mol. The molecule has 4 N–H and O–H groups in total. The van der Waals surface area contributed by atoms with E-state index in [1.54, 1.807) is 0 Å². The predicted octanol–water partition coefficient (Wildman–Crippen LogP) is 0.717. The third-order valence-corrected chi connectivity index (χ3v) is 4.01.